The van der Waals surface area contributed by atoms with Crippen molar-refractivity contribution in [1.82, 2.24) is 30.6 Å². The molecule has 0 spiro atoms. The van der Waals surface area contributed by atoms with Gasteiger partial charge in [0, 0.05) is 0 Å². The van der Waals surface area contributed by atoms with Crippen LogP contribution in [0.3, 0.4) is 0 Å². The molecular formula is C36H32N6O12P2. The highest BCUT2D eigenvalue weighted by Gasteiger charge is 2.38. The fourth-order valence-electron chi connectivity index (χ4n) is 5.37. The average Bonchev–Trinajstić information content (AvgIpc) is 3.89. The van der Waals surface area contributed by atoms with Crippen LogP contribution in [0.1, 0.15) is 13.8 Å². The third kappa shape index (κ3) is 8.04. The van der Waals surface area contributed by atoms with Gasteiger partial charge in [-0.2, -0.15) is 10.2 Å². The molecule has 2 N–H and O–H groups in total. The first-order valence-corrected chi connectivity index (χ1v) is 19.8. The Balaban J connectivity index is 1.42. The number of hydrogen-bond acceptors (Lipinski definition) is 16. The van der Waals surface area contributed by atoms with Crippen molar-refractivity contribution in [2.45, 2.75) is 25.9 Å². The molecule has 20 heteroatoms. The van der Waals surface area contributed by atoms with Crippen molar-refractivity contribution in [1.29, 1.82) is 0 Å². The van der Waals surface area contributed by atoms with Crippen molar-refractivity contribution in [3.8, 4) is 68.8 Å². The van der Waals surface area contributed by atoms with Crippen LogP contribution in [0.25, 0.3) is 45.8 Å². The molecule has 56 heavy (non-hydrogen) atoms. The van der Waals surface area contributed by atoms with E-state index in [1.54, 1.807) is 72.8 Å². The summed E-state index contributed by atoms with van der Waals surface area (Å²) in [6, 6.07) is 22.9. The molecule has 3 heterocycles. The molecule has 2 aromatic heterocycles. The van der Waals surface area contributed by atoms with E-state index in [0.717, 1.165) is 0 Å². The Morgan fingerprint density at radius 2 is 0.750 bits per heavy atom. The molecule has 0 radical (unpaired) electrons. The number of ether oxygens (including phenoxy) is 2. The van der Waals surface area contributed by atoms with Crippen LogP contribution in [0.4, 0.5) is 0 Å². The normalized spacial score (nSPS) is 18.6. The Kier molecular flexibility index (Phi) is 10.7. The molecule has 18 nitrogen and oxygen atoms in total. The largest absolute Gasteiger partial charge is 0.513 e. The number of methoxy groups -OCH3 is 2. The van der Waals surface area contributed by atoms with Gasteiger partial charge in [0.2, 0.25) is 0 Å². The number of fused-ring (bicyclic) bond motifs is 12. The molecule has 1 aliphatic rings. The number of para-hydroxylation sites is 4. The van der Waals surface area contributed by atoms with Crippen molar-refractivity contribution < 1.29 is 55.1 Å². The molecule has 0 saturated heterocycles. The number of esters is 2. The van der Waals surface area contributed by atoms with Gasteiger partial charge in [-0.05, 0) is 62.4 Å². The molecule has 0 unspecified atom stereocenters. The van der Waals surface area contributed by atoms with Gasteiger partial charge in [0.15, 0.2) is 0 Å². The third-order valence-corrected chi connectivity index (χ3v) is 11.2. The minimum absolute atomic E-state index is 0.0393. The van der Waals surface area contributed by atoms with Gasteiger partial charge in [0.25, 0.3) is 23.6 Å². The van der Waals surface area contributed by atoms with E-state index in [4.69, 9.17) is 36.4 Å². The first kappa shape index (κ1) is 38.0. The topological polar surface area (TPSA) is 226 Å². The SMILES string of the molecule is COC(=O)[C@H](C)NP1(=O)Oc2ccccc2-c2nnc(o2)-c2ccccc2OP(=O)(N[C@@H](C)C(=O)OC)Oc2ccccc2-c2nnc(o2)-c2ccccc2O1. The van der Waals surface area contributed by atoms with Crippen molar-refractivity contribution in [3.63, 3.8) is 0 Å². The summed E-state index contributed by atoms with van der Waals surface area (Å²) in [6.45, 7) is 2.84. The van der Waals surface area contributed by atoms with Crippen LogP contribution >= 0.6 is 15.5 Å². The molecule has 4 aromatic carbocycles. The number of carbonyl (C=O) groups excluding carboxylic acids is 2. The number of benzene rings is 4. The van der Waals surface area contributed by atoms with Gasteiger partial charge in [-0.25, -0.2) is 9.13 Å². The van der Waals surface area contributed by atoms with E-state index < -0.39 is 39.5 Å². The lowest BCUT2D eigenvalue weighted by atomic mass is 10.2. The molecule has 2 atom stereocenters. The van der Waals surface area contributed by atoms with Crippen LogP contribution in [-0.4, -0.2) is 58.6 Å². The minimum Gasteiger partial charge on any atom is -0.468 e. The summed E-state index contributed by atoms with van der Waals surface area (Å²) in [5.41, 5.74) is 0.739. The Morgan fingerprint density at radius 1 is 0.500 bits per heavy atom. The fraction of sp³-hybridized carbons (Fsp3) is 0.167. The summed E-state index contributed by atoms with van der Waals surface area (Å²) in [5.74, 6) is -1.99. The number of rotatable bonds is 6. The molecule has 6 aromatic rings. The Bertz CT molecular complexity index is 2200. The summed E-state index contributed by atoms with van der Waals surface area (Å²) < 4.78 is 75.8. The molecular weight excluding hydrogens is 770 g/mol. The molecule has 288 valence electrons. The highest BCUT2D eigenvalue weighted by molar-refractivity contribution is 7.52. The first-order chi connectivity index (χ1) is 27.0. The second-order valence-electron chi connectivity index (χ2n) is 11.9. The molecule has 4 bridgehead atoms. The van der Waals surface area contributed by atoms with Crippen LogP contribution in [0.15, 0.2) is 106 Å². The summed E-state index contributed by atoms with van der Waals surface area (Å²) in [4.78, 5) is 25.0. The predicted molar refractivity (Wildman–Crippen MR) is 197 cm³/mol. The minimum atomic E-state index is -4.57. The predicted octanol–water partition coefficient (Wildman–Crippen LogP) is 6.87. The van der Waals surface area contributed by atoms with Crippen LogP contribution in [0.5, 0.6) is 23.0 Å². The first-order valence-electron chi connectivity index (χ1n) is 16.7. The van der Waals surface area contributed by atoms with Gasteiger partial charge in [-0.3, -0.25) is 9.59 Å². The number of hydrogen-bond donors (Lipinski definition) is 2. The maximum absolute atomic E-state index is 14.7. The van der Waals surface area contributed by atoms with Crippen LogP contribution in [0, 0.1) is 0 Å². The fourth-order valence-corrected chi connectivity index (χ4v) is 8.48. The van der Waals surface area contributed by atoms with Gasteiger partial charge < -0.3 is 36.4 Å². The van der Waals surface area contributed by atoms with Gasteiger partial charge >= 0.3 is 27.4 Å². The van der Waals surface area contributed by atoms with Gasteiger partial charge in [-0.15, -0.1) is 20.4 Å². The molecule has 0 saturated carbocycles. The number of nitrogens with one attached hydrogen (secondary N) is 2. The highest BCUT2D eigenvalue weighted by Crippen LogP contribution is 2.52. The maximum atomic E-state index is 14.7. The molecule has 7 rings (SSSR count). The van der Waals surface area contributed by atoms with E-state index >= 15 is 0 Å². The number of aromatic nitrogens is 4. The lowest BCUT2D eigenvalue weighted by Crippen LogP contribution is -2.35. The molecule has 0 aliphatic carbocycles. The molecule has 1 aliphatic heterocycles. The summed E-state index contributed by atoms with van der Waals surface area (Å²) >= 11 is 0. The Labute approximate surface area is 318 Å². The zero-order valence-electron chi connectivity index (χ0n) is 30.0. The second kappa shape index (κ2) is 15.8. The third-order valence-electron chi connectivity index (χ3n) is 8.01. The van der Waals surface area contributed by atoms with E-state index in [1.165, 1.54) is 52.3 Å². The van der Waals surface area contributed by atoms with Crippen molar-refractivity contribution in [2.24, 2.45) is 0 Å². The maximum Gasteiger partial charge on any atom is 0.513 e. The average molecular weight is 803 g/mol. The van der Waals surface area contributed by atoms with Gasteiger partial charge in [0.1, 0.15) is 35.1 Å². The quantitative estimate of drug-likeness (QED) is 0.129. The van der Waals surface area contributed by atoms with Crippen molar-refractivity contribution in [3.05, 3.63) is 97.1 Å². The highest BCUT2D eigenvalue weighted by atomic mass is 31.2. The van der Waals surface area contributed by atoms with E-state index in [2.05, 4.69) is 30.6 Å². The standard InChI is InChI=1S/C36H32N6O12P2/c1-21(35(43)47-3)41-55(45)51-27-17-9-5-13-23(27)31-37-39-33(49-31)25-15-7-11-19-29(25)53-56(46,42-22(2)36(44)48-4)54-30-20-12-8-16-26(30)34-40-38-32(50-34)24-14-6-10-18-28(24)52-55/h5-22H,1-4H3,(H,41,45)(H,42,46)/t21-,22-,55?,56?/m0/s1. The summed E-state index contributed by atoms with van der Waals surface area (Å²) in [5, 5.41) is 22.1. The number of carbonyl (C=O) groups is 2. The summed E-state index contributed by atoms with van der Waals surface area (Å²) in [6.07, 6.45) is 0. The zero-order chi connectivity index (χ0) is 39.5. The Hall–Kier alpha value is -6.32. The lowest BCUT2D eigenvalue weighted by molar-refractivity contribution is -0.143. The van der Waals surface area contributed by atoms with E-state index in [9.17, 15) is 18.7 Å². The molecule has 0 fully saturated rings. The van der Waals surface area contributed by atoms with Crippen LogP contribution in [0.2, 0.25) is 0 Å². The van der Waals surface area contributed by atoms with Crippen LogP contribution in [-0.2, 0) is 28.2 Å². The van der Waals surface area contributed by atoms with E-state index in [0.29, 0.717) is 0 Å². The van der Waals surface area contributed by atoms with Gasteiger partial charge in [0.05, 0.1) is 36.5 Å². The van der Waals surface area contributed by atoms with E-state index in [1.807, 2.05) is 0 Å². The smallest absolute Gasteiger partial charge is 0.468 e. The van der Waals surface area contributed by atoms with Crippen LogP contribution < -0.4 is 28.3 Å². The summed E-state index contributed by atoms with van der Waals surface area (Å²) in [7, 11) is -6.78. The Morgan fingerprint density at radius 3 is 1.00 bits per heavy atom. The number of nitrogens with zero attached hydrogens (tertiary/aromatic N) is 4. The van der Waals surface area contributed by atoms with Gasteiger partial charge in [-0.1, -0.05) is 48.5 Å². The van der Waals surface area contributed by atoms with Crippen molar-refractivity contribution >= 4 is 27.4 Å². The zero-order valence-corrected chi connectivity index (χ0v) is 31.8. The monoisotopic (exact) mass is 802 g/mol. The lowest BCUT2D eigenvalue weighted by Gasteiger charge is -2.24. The molecule has 0 amide bonds. The van der Waals surface area contributed by atoms with E-state index in [-0.39, 0.29) is 68.8 Å². The van der Waals surface area contributed by atoms with Crippen molar-refractivity contribution in [2.75, 3.05) is 14.2 Å². The second-order valence-corrected chi connectivity index (χ2v) is 15.2.